The van der Waals surface area contributed by atoms with E-state index in [1.807, 2.05) is 44.7 Å². The molecule has 1 aliphatic carbocycles. The number of piperazine rings is 1. The number of hydrogen-bond acceptors (Lipinski definition) is 10. The van der Waals surface area contributed by atoms with E-state index < -0.39 is 52.6 Å². The average Bonchev–Trinajstić information content (AvgIpc) is 3.44. The topological polar surface area (TPSA) is 166 Å². The number of anilines is 1. The lowest BCUT2D eigenvalue weighted by Gasteiger charge is -2.66. The van der Waals surface area contributed by atoms with Gasteiger partial charge in [-0.25, -0.2) is 4.39 Å². The van der Waals surface area contributed by atoms with E-state index in [1.165, 1.54) is 15.9 Å². The molecule has 1 unspecified atom stereocenters. The largest absolute Gasteiger partial charge is 0.489 e. The summed E-state index contributed by atoms with van der Waals surface area (Å²) in [5.74, 6) is -1.50. The van der Waals surface area contributed by atoms with Crippen LogP contribution in [-0.2, 0) is 22.7 Å². The molecule has 1 aromatic heterocycles. The second kappa shape index (κ2) is 13.4. The number of carbonyl (C=O) groups excluding carboxylic acids is 4. The van der Waals surface area contributed by atoms with Crippen LogP contribution in [0.4, 0.5) is 10.2 Å². The molecule has 4 amide bonds. The molecular weight excluding hydrogens is 703 g/mol. The lowest BCUT2D eigenvalue weighted by Crippen LogP contribution is -2.77. The van der Waals surface area contributed by atoms with Crippen LogP contribution in [0.1, 0.15) is 78.1 Å². The fourth-order valence-corrected chi connectivity index (χ4v) is 9.28. The first kappa shape index (κ1) is 36.2. The van der Waals surface area contributed by atoms with Crippen molar-refractivity contribution in [3.05, 3.63) is 81.3 Å². The highest BCUT2D eigenvalue weighted by atomic mass is 35.5. The summed E-state index contributed by atoms with van der Waals surface area (Å²) in [5.41, 5.74) is 5.54. The second-order valence-electron chi connectivity index (χ2n) is 15.4. The van der Waals surface area contributed by atoms with Gasteiger partial charge in [-0.1, -0.05) is 45.4 Å². The normalized spacial score (nSPS) is 23.8. The molecule has 0 radical (unpaired) electrons. The van der Waals surface area contributed by atoms with Crippen LogP contribution in [0.5, 0.6) is 5.75 Å². The highest BCUT2D eigenvalue weighted by Gasteiger charge is 2.68. The van der Waals surface area contributed by atoms with Crippen LogP contribution in [0.2, 0.25) is 5.02 Å². The number of hydrogen-bond donors (Lipinski definition) is 1. The minimum atomic E-state index is -0.924. The zero-order valence-electron chi connectivity index (χ0n) is 29.9. The van der Waals surface area contributed by atoms with E-state index in [-0.39, 0.29) is 41.6 Å². The number of fused-ring (bicyclic) bond motifs is 1. The summed E-state index contributed by atoms with van der Waals surface area (Å²) in [5, 5.41) is 17.5. The highest BCUT2D eigenvalue weighted by molar-refractivity contribution is 6.31. The third kappa shape index (κ3) is 6.25. The van der Waals surface area contributed by atoms with Crippen LogP contribution >= 0.6 is 11.6 Å². The number of likely N-dealkylation sites (tertiary alicyclic amines) is 1. The van der Waals surface area contributed by atoms with Crippen molar-refractivity contribution in [2.75, 3.05) is 31.1 Å². The van der Waals surface area contributed by atoms with Gasteiger partial charge in [0.1, 0.15) is 29.8 Å². The summed E-state index contributed by atoms with van der Waals surface area (Å²) >= 11 is 6.25. The Kier molecular flexibility index (Phi) is 9.14. The third-order valence-corrected chi connectivity index (χ3v) is 11.5. The standard InChI is InChI=1S/C38H40ClFN8O5/c1-37(2)35(38(3,4)36(37)53-24-6-5-22(18-41)25(39)17-24)48-30(49)10-8-28(33(48)51)47-20-23-15-21(16-26(40)31(23)34(47)52)19-45-11-13-46(14-12-45)29-9-7-27(32(42)50)43-44-29/h5-7,9,15-17,28,35-36H,8,10-14,19-20H2,1-4H3,(H2,42,50). The molecule has 4 aliphatic rings. The number of ether oxygens (including phenoxy) is 1. The van der Waals surface area contributed by atoms with Crippen LogP contribution in [0.25, 0.3) is 0 Å². The molecule has 1 atom stereocenters. The molecule has 0 bridgehead atoms. The van der Waals surface area contributed by atoms with Gasteiger partial charge in [-0.05, 0) is 47.9 Å². The Balaban J connectivity index is 1.03. The molecule has 4 heterocycles. The molecule has 3 aromatic rings. The maximum Gasteiger partial charge on any atom is 0.269 e. The number of rotatable bonds is 8. The summed E-state index contributed by atoms with van der Waals surface area (Å²) in [7, 11) is 0. The number of nitrogens with zero attached hydrogens (tertiary/aromatic N) is 7. The van der Waals surface area contributed by atoms with Crippen molar-refractivity contribution < 1.29 is 28.3 Å². The van der Waals surface area contributed by atoms with Gasteiger partial charge in [0.05, 0.1) is 22.2 Å². The van der Waals surface area contributed by atoms with Crippen LogP contribution in [0.3, 0.4) is 0 Å². The predicted octanol–water partition coefficient (Wildman–Crippen LogP) is 3.92. The predicted molar refractivity (Wildman–Crippen MR) is 191 cm³/mol. The molecule has 13 nitrogen and oxygen atoms in total. The van der Waals surface area contributed by atoms with Crippen LogP contribution < -0.4 is 15.4 Å². The zero-order valence-corrected chi connectivity index (χ0v) is 30.7. The summed E-state index contributed by atoms with van der Waals surface area (Å²) in [6.45, 7) is 10.9. The zero-order chi connectivity index (χ0) is 38.0. The Morgan fingerprint density at radius 3 is 2.38 bits per heavy atom. The number of primary amides is 1. The first-order valence-electron chi connectivity index (χ1n) is 17.6. The van der Waals surface area contributed by atoms with Gasteiger partial charge in [0.15, 0.2) is 11.5 Å². The van der Waals surface area contributed by atoms with Gasteiger partial charge < -0.3 is 20.3 Å². The summed E-state index contributed by atoms with van der Waals surface area (Å²) < 4.78 is 22.1. The number of piperidine rings is 1. The Hall–Kier alpha value is -5.13. The molecule has 2 N–H and O–H groups in total. The Bertz CT molecular complexity index is 2040. The van der Waals surface area contributed by atoms with Crippen molar-refractivity contribution >= 4 is 41.0 Å². The Morgan fingerprint density at radius 1 is 1.04 bits per heavy atom. The van der Waals surface area contributed by atoms with Crippen molar-refractivity contribution in [3.63, 3.8) is 0 Å². The van der Waals surface area contributed by atoms with Gasteiger partial charge in [0.2, 0.25) is 5.91 Å². The number of nitriles is 1. The number of halogens is 2. The van der Waals surface area contributed by atoms with Crippen molar-refractivity contribution in [2.24, 2.45) is 16.6 Å². The van der Waals surface area contributed by atoms with Gasteiger partial charge in [0, 0.05) is 62.6 Å². The third-order valence-electron chi connectivity index (χ3n) is 11.2. The molecule has 53 heavy (non-hydrogen) atoms. The Labute approximate surface area is 311 Å². The van der Waals surface area contributed by atoms with Crippen LogP contribution in [0.15, 0.2) is 42.5 Å². The molecule has 1 saturated carbocycles. The van der Waals surface area contributed by atoms with Crippen molar-refractivity contribution in [1.82, 2.24) is 24.9 Å². The molecule has 7 rings (SSSR count). The average molecular weight is 743 g/mol. The molecule has 3 fully saturated rings. The van der Waals surface area contributed by atoms with Crippen molar-refractivity contribution in [3.8, 4) is 11.8 Å². The fraction of sp³-hybridized carbons (Fsp3) is 0.447. The van der Waals surface area contributed by atoms with E-state index in [0.29, 0.717) is 61.0 Å². The SMILES string of the molecule is CC1(C)C(Oc2ccc(C#N)c(Cl)c2)C(C)(C)C1N1C(=O)CCC(N2Cc3cc(CN4CCN(c5ccc(C(N)=O)nn5)CC4)cc(F)c3C2=O)C1=O. The summed E-state index contributed by atoms with van der Waals surface area (Å²) in [6, 6.07) is 11.9. The van der Waals surface area contributed by atoms with E-state index in [1.54, 1.807) is 30.3 Å². The lowest BCUT2D eigenvalue weighted by molar-refractivity contribution is -0.216. The minimum Gasteiger partial charge on any atom is -0.489 e. The molecular formula is C38H40ClFN8O5. The Morgan fingerprint density at radius 2 is 1.75 bits per heavy atom. The smallest absolute Gasteiger partial charge is 0.269 e. The molecule has 2 saturated heterocycles. The first-order chi connectivity index (χ1) is 25.1. The minimum absolute atomic E-state index is 0.0355. The molecule has 3 aliphatic heterocycles. The highest BCUT2D eigenvalue weighted by Crippen LogP contribution is 2.58. The lowest BCUT2D eigenvalue weighted by atomic mass is 9.48. The number of amides is 4. The maximum absolute atomic E-state index is 15.7. The van der Waals surface area contributed by atoms with E-state index in [2.05, 4.69) is 15.1 Å². The maximum atomic E-state index is 15.7. The van der Waals surface area contributed by atoms with Gasteiger partial charge in [-0.3, -0.25) is 29.0 Å². The van der Waals surface area contributed by atoms with Crippen LogP contribution in [-0.4, -0.2) is 92.9 Å². The number of aromatic nitrogens is 2. The van der Waals surface area contributed by atoms with Gasteiger partial charge in [-0.2, -0.15) is 5.26 Å². The fourth-order valence-electron chi connectivity index (χ4n) is 9.07. The van der Waals surface area contributed by atoms with Crippen molar-refractivity contribution in [2.45, 2.75) is 71.8 Å². The number of nitrogens with two attached hydrogens (primary N) is 1. The molecule has 276 valence electrons. The monoisotopic (exact) mass is 742 g/mol. The van der Waals surface area contributed by atoms with E-state index in [0.717, 1.165) is 0 Å². The van der Waals surface area contributed by atoms with E-state index in [9.17, 15) is 24.4 Å². The van der Waals surface area contributed by atoms with Gasteiger partial charge in [-0.15, -0.1) is 10.2 Å². The van der Waals surface area contributed by atoms with Gasteiger partial charge >= 0.3 is 0 Å². The number of imide groups is 1. The quantitative estimate of drug-likeness (QED) is 0.335. The summed E-state index contributed by atoms with van der Waals surface area (Å²) in [6.07, 6.45) is -0.197. The van der Waals surface area contributed by atoms with Crippen LogP contribution in [0, 0.1) is 28.0 Å². The molecule has 2 aromatic carbocycles. The molecule has 0 spiro atoms. The van der Waals surface area contributed by atoms with Gasteiger partial charge in [0.25, 0.3) is 17.7 Å². The first-order valence-corrected chi connectivity index (χ1v) is 17.9. The number of benzene rings is 2. The summed E-state index contributed by atoms with van der Waals surface area (Å²) in [4.78, 5) is 59.8. The second-order valence-corrected chi connectivity index (χ2v) is 15.8. The van der Waals surface area contributed by atoms with E-state index >= 15 is 4.39 Å². The van der Waals surface area contributed by atoms with Crippen molar-refractivity contribution in [1.29, 1.82) is 5.26 Å². The molecule has 15 heteroatoms. The van der Waals surface area contributed by atoms with E-state index in [4.69, 9.17) is 22.1 Å². The number of carbonyl (C=O) groups is 4.